The first-order valence-electron chi connectivity index (χ1n) is 7.31. The molecule has 130 valence electrons. The van der Waals surface area contributed by atoms with Gasteiger partial charge in [-0.15, -0.1) is 0 Å². The highest BCUT2D eigenvalue weighted by molar-refractivity contribution is 5.84. The van der Waals surface area contributed by atoms with E-state index < -0.39 is 49.1 Å². The minimum Gasteiger partial charge on any atom is -0.465 e. The van der Waals surface area contributed by atoms with Gasteiger partial charge in [0.15, 0.2) is 6.10 Å². The van der Waals surface area contributed by atoms with Crippen LogP contribution in [-0.2, 0) is 9.59 Å². The summed E-state index contributed by atoms with van der Waals surface area (Å²) in [6.07, 6.45) is -2.14. The molecule has 2 aliphatic heterocycles. The number of alkyl halides is 2. The quantitative estimate of drug-likeness (QED) is 0.534. The van der Waals surface area contributed by atoms with Crippen molar-refractivity contribution < 1.29 is 33.4 Å². The third-order valence-corrected chi connectivity index (χ3v) is 4.04. The monoisotopic (exact) mass is 335 g/mol. The van der Waals surface area contributed by atoms with Gasteiger partial charge in [-0.25, -0.2) is 13.6 Å². The summed E-state index contributed by atoms with van der Waals surface area (Å²) in [5.41, 5.74) is 0. The van der Waals surface area contributed by atoms with Crippen LogP contribution in [0.25, 0.3) is 0 Å². The molecule has 3 atom stereocenters. The zero-order valence-corrected chi connectivity index (χ0v) is 12.3. The lowest BCUT2D eigenvalue weighted by Gasteiger charge is -2.40. The Morgan fingerprint density at radius 3 is 2.61 bits per heavy atom. The summed E-state index contributed by atoms with van der Waals surface area (Å²) < 4.78 is 25.6. The van der Waals surface area contributed by atoms with Gasteiger partial charge in [0.1, 0.15) is 0 Å². The molecule has 2 aliphatic rings. The van der Waals surface area contributed by atoms with Gasteiger partial charge in [0, 0.05) is 12.5 Å². The van der Waals surface area contributed by atoms with Crippen LogP contribution in [0.5, 0.6) is 0 Å². The molecule has 0 spiro atoms. The van der Waals surface area contributed by atoms with Crippen LogP contribution in [0.3, 0.4) is 0 Å². The highest BCUT2D eigenvalue weighted by Gasteiger charge is 2.48. The second-order valence-corrected chi connectivity index (χ2v) is 5.92. The number of halogens is 2. The zero-order chi connectivity index (χ0) is 17.2. The van der Waals surface area contributed by atoms with Crippen molar-refractivity contribution >= 4 is 17.9 Å². The third kappa shape index (κ3) is 4.27. The van der Waals surface area contributed by atoms with Crippen LogP contribution in [0, 0.1) is 5.92 Å². The summed E-state index contributed by atoms with van der Waals surface area (Å²) in [7, 11) is 0. The lowest BCUT2D eigenvalue weighted by Crippen LogP contribution is -2.63. The number of nitrogens with one attached hydrogen (secondary N) is 2. The van der Waals surface area contributed by atoms with E-state index in [1.165, 1.54) is 0 Å². The van der Waals surface area contributed by atoms with Gasteiger partial charge in [0.05, 0.1) is 19.1 Å². The Bertz CT molecular complexity index is 494. The Morgan fingerprint density at radius 1 is 1.43 bits per heavy atom. The van der Waals surface area contributed by atoms with Gasteiger partial charge in [-0.05, 0) is 19.3 Å². The highest BCUT2D eigenvalue weighted by Crippen LogP contribution is 2.28. The molecule has 10 heteroatoms. The molecular weight excluding hydrogens is 316 g/mol. The van der Waals surface area contributed by atoms with E-state index in [0.29, 0.717) is 19.4 Å². The van der Waals surface area contributed by atoms with E-state index in [2.05, 4.69) is 5.32 Å². The van der Waals surface area contributed by atoms with Crippen LogP contribution >= 0.6 is 0 Å². The maximum absolute atomic E-state index is 12.8. The first kappa shape index (κ1) is 17.4. The number of carbonyl (C=O) groups is 3. The fraction of sp³-hybridized carbons (Fsp3) is 0.769. The molecule has 23 heavy (non-hydrogen) atoms. The van der Waals surface area contributed by atoms with Crippen molar-refractivity contribution in [2.75, 3.05) is 19.6 Å². The molecule has 2 unspecified atom stereocenters. The first-order valence-corrected chi connectivity index (χ1v) is 7.31. The summed E-state index contributed by atoms with van der Waals surface area (Å²) in [4.78, 5) is 35.3. The van der Waals surface area contributed by atoms with Gasteiger partial charge < -0.3 is 25.7 Å². The molecular formula is C13H19F2N3O5. The number of hydrogen-bond acceptors (Lipinski definition) is 4. The molecule has 0 saturated carbocycles. The van der Waals surface area contributed by atoms with Crippen molar-refractivity contribution in [1.82, 2.24) is 15.5 Å². The van der Waals surface area contributed by atoms with Crippen LogP contribution in [-0.4, -0.2) is 70.7 Å². The fourth-order valence-electron chi connectivity index (χ4n) is 2.82. The Hall–Kier alpha value is -1.97. The molecule has 4 N–H and O–H groups in total. The zero-order valence-electron chi connectivity index (χ0n) is 12.3. The van der Waals surface area contributed by atoms with E-state index >= 15 is 0 Å². The molecule has 2 fully saturated rings. The minimum absolute atomic E-state index is 0.0741. The number of likely N-dealkylation sites (tertiary alicyclic amines) is 1. The van der Waals surface area contributed by atoms with E-state index in [1.54, 1.807) is 0 Å². The van der Waals surface area contributed by atoms with E-state index in [0.717, 1.165) is 4.90 Å². The van der Waals surface area contributed by atoms with Crippen LogP contribution in [0.4, 0.5) is 13.6 Å². The second-order valence-electron chi connectivity index (χ2n) is 5.92. The Morgan fingerprint density at radius 2 is 2.09 bits per heavy atom. The van der Waals surface area contributed by atoms with Crippen LogP contribution in [0.2, 0.25) is 0 Å². The van der Waals surface area contributed by atoms with Crippen molar-refractivity contribution in [1.29, 1.82) is 0 Å². The summed E-state index contributed by atoms with van der Waals surface area (Å²) >= 11 is 0. The molecule has 8 nitrogen and oxygen atoms in total. The van der Waals surface area contributed by atoms with E-state index in [9.17, 15) is 28.3 Å². The topological polar surface area (TPSA) is 119 Å². The highest BCUT2D eigenvalue weighted by atomic mass is 19.3. The largest absolute Gasteiger partial charge is 0.465 e. The number of aliphatic hydroxyl groups excluding tert-OH is 1. The number of carboxylic acid groups (broad SMARTS) is 1. The number of piperidine rings is 1. The third-order valence-electron chi connectivity index (χ3n) is 4.04. The number of nitrogens with zero attached hydrogens (tertiary/aromatic N) is 1. The number of amides is 3. The number of carbonyl (C=O) groups excluding carboxylic acids is 2. The summed E-state index contributed by atoms with van der Waals surface area (Å²) in [6, 6.07) is -1.23. The van der Waals surface area contributed by atoms with Gasteiger partial charge in [-0.1, -0.05) is 0 Å². The lowest BCUT2D eigenvalue weighted by molar-refractivity contribution is -0.174. The van der Waals surface area contributed by atoms with Crippen LogP contribution < -0.4 is 10.6 Å². The van der Waals surface area contributed by atoms with Crippen molar-refractivity contribution in [3.63, 3.8) is 0 Å². The standard InChI is InChI=1S/C13H19F2N3O5/c14-13(15)5-18(6-13)11(21)9(19)8(17-12(22)23)4-7-2-1-3-16-10(7)20/h7-9,17,19H,1-6H2,(H,16,20)(H,22,23)/t7-,8?,9?/m0/s1. The van der Waals surface area contributed by atoms with Gasteiger partial charge >= 0.3 is 6.09 Å². The van der Waals surface area contributed by atoms with Crippen molar-refractivity contribution in [3.8, 4) is 0 Å². The number of rotatable bonds is 5. The van der Waals surface area contributed by atoms with Gasteiger partial charge in [-0.3, -0.25) is 9.59 Å². The van der Waals surface area contributed by atoms with Crippen molar-refractivity contribution in [2.24, 2.45) is 5.92 Å². The smallest absolute Gasteiger partial charge is 0.404 e. The van der Waals surface area contributed by atoms with Crippen LogP contribution in [0.15, 0.2) is 0 Å². The predicted octanol–water partition coefficient (Wildman–Crippen LogP) is -0.623. The van der Waals surface area contributed by atoms with Gasteiger partial charge in [0.2, 0.25) is 5.91 Å². The maximum Gasteiger partial charge on any atom is 0.404 e. The van der Waals surface area contributed by atoms with Gasteiger partial charge in [0.25, 0.3) is 11.8 Å². The molecule has 0 aromatic heterocycles. The van der Waals surface area contributed by atoms with E-state index in [4.69, 9.17) is 5.11 Å². The lowest BCUT2D eigenvalue weighted by atomic mass is 9.89. The van der Waals surface area contributed by atoms with Gasteiger partial charge in [-0.2, -0.15) is 0 Å². The normalized spacial score (nSPS) is 25.8. The molecule has 3 amide bonds. The molecule has 0 aliphatic carbocycles. The molecule has 2 heterocycles. The summed E-state index contributed by atoms with van der Waals surface area (Å²) in [6.45, 7) is -1.07. The van der Waals surface area contributed by atoms with E-state index in [1.807, 2.05) is 5.32 Å². The second kappa shape index (κ2) is 6.65. The SMILES string of the molecule is O=C(O)NC(C[C@@H]1CCCNC1=O)C(O)C(=O)N1CC(F)(F)C1. The Balaban J connectivity index is 2.00. The first-order chi connectivity index (χ1) is 10.7. The molecule has 0 aromatic rings. The molecule has 0 aromatic carbocycles. The average Bonchev–Trinajstić information content (AvgIpc) is 2.44. The number of hydrogen-bond donors (Lipinski definition) is 4. The van der Waals surface area contributed by atoms with E-state index in [-0.39, 0.29) is 12.3 Å². The predicted molar refractivity (Wildman–Crippen MR) is 72.8 cm³/mol. The van der Waals surface area contributed by atoms with Crippen molar-refractivity contribution in [3.05, 3.63) is 0 Å². The summed E-state index contributed by atoms with van der Waals surface area (Å²) in [5.74, 6) is -4.76. The fourth-order valence-corrected chi connectivity index (χ4v) is 2.82. The minimum atomic E-state index is -2.98. The molecule has 0 radical (unpaired) electrons. The number of aliphatic hydroxyl groups is 1. The molecule has 2 rings (SSSR count). The van der Waals surface area contributed by atoms with Crippen molar-refractivity contribution in [2.45, 2.75) is 37.3 Å². The maximum atomic E-state index is 12.8. The molecule has 0 bridgehead atoms. The van der Waals surface area contributed by atoms with Crippen LogP contribution in [0.1, 0.15) is 19.3 Å². The molecule has 2 saturated heterocycles. The Kier molecular flexibility index (Phi) is 5.03. The Labute approximate surface area is 130 Å². The average molecular weight is 335 g/mol. The summed E-state index contributed by atoms with van der Waals surface area (Å²) in [5, 5.41) is 23.5.